The van der Waals surface area contributed by atoms with Crippen molar-refractivity contribution in [1.82, 2.24) is 5.01 Å². The lowest BCUT2D eigenvalue weighted by atomic mass is 9.86. The minimum absolute atomic E-state index is 0.00754. The van der Waals surface area contributed by atoms with Gasteiger partial charge in [0.2, 0.25) is 0 Å². The molecule has 3 aliphatic rings. The summed E-state index contributed by atoms with van der Waals surface area (Å²) in [5, 5.41) is 7.16. The summed E-state index contributed by atoms with van der Waals surface area (Å²) in [5.41, 5.74) is 3.23. The van der Waals surface area contributed by atoms with Crippen molar-refractivity contribution in [2.75, 3.05) is 0 Å². The van der Waals surface area contributed by atoms with Crippen molar-refractivity contribution in [1.29, 1.82) is 0 Å². The van der Waals surface area contributed by atoms with Crippen LogP contribution < -0.4 is 4.74 Å². The quantitative estimate of drug-likeness (QED) is 0.736. The highest BCUT2D eigenvalue weighted by molar-refractivity contribution is 6.01. The summed E-state index contributed by atoms with van der Waals surface area (Å²) < 4.78 is 19.7. The SMILES string of the molecule is Fc1ccc(C2=NN3[C@@H](C4CCCCC4)Oc4ccccc4[C@@H]3C2)cc1. The number of hydrogen-bond acceptors (Lipinski definition) is 3. The van der Waals surface area contributed by atoms with Gasteiger partial charge in [-0.15, -0.1) is 0 Å². The molecule has 4 heteroatoms. The minimum Gasteiger partial charge on any atom is -0.468 e. The molecule has 1 fully saturated rings. The minimum atomic E-state index is -0.209. The van der Waals surface area contributed by atoms with E-state index in [0.717, 1.165) is 23.4 Å². The number of hydrazone groups is 1. The summed E-state index contributed by atoms with van der Waals surface area (Å²) in [7, 11) is 0. The fourth-order valence-electron chi connectivity index (χ4n) is 4.61. The second kappa shape index (κ2) is 6.42. The maximum Gasteiger partial charge on any atom is 0.190 e. The van der Waals surface area contributed by atoms with Gasteiger partial charge in [0.25, 0.3) is 0 Å². The van der Waals surface area contributed by atoms with Crippen molar-refractivity contribution in [3.8, 4) is 5.75 Å². The van der Waals surface area contributed by atoms with Gasteiger partial charge in [-0.1, -0.05) is 49.6 Å². The van der Waals surface area contributed by atoms with E-state index < -0.39 is 0 Å². The van der Waals surface area contributed by atoms with Crippen LogP contribution in [0, 0.1) is 11.7 Å². The van der Waals surface area contributed by atoms with Crippen LogP contribution in [0.3, 0.4) is 0 Å². The van der Waals surface area contributed by atoms with E-state index in [1.165, 1.54) is 49.8 Å². The number of benzene rings is 2. The van der Waals surface area contributed by atoms with Crippen LogP contribution in [0.15, 0.2) is 53.6 Å². The van der Waals surface area contributed by atoms with E-state index in [1.54, 1.807) is 0 Å². The van der Waals surface area contributed by atoms with Gasteiger partial charge in [-0.25, -0.2) is 9.40 Å². The van der Waals surface area contributed by atoms with Gasteiger partial charge in [-0.05, 0) is 36.6 Å². The molecule has 2 aromatic rings. The van der Waals surface area contributed by atoms with E-state index in [2.05, 4.69) is 23.2 Å². The Morgan fingerprint density at radius 2 is 1.73 bits per heavy atom. The van der Waals surface area contributed by atoms with E-state index in [-0.39, 0.29) is 18.1 Å². The van der Waals surface area contributed by atoms with E-state index in [1.807, 2.05) is 18.2 Å². The third-order valence-corrected chi connectivity index (χ3v) is 5.96. The molecule has 0 unspecified atom stereocenters. The van der Waals surface area contributed by atoms with Crippen LogP contribution in [-0.2, 0) is 0 Å². The summed E-state index contributed by atoms with van der Waals surface area (Å²) in [4.78, 5) is 0. The van der Waals surface area contributed by atoms with E-state index in [4.69, 9.17) is 9.84 Å². The Hall–Kier alpha value is -2.36. The molecule has 0 saturated heterocycles. The maximum absolute atomic E-state index is 13.3. The molecular weight excluding hydrogens is 327 g/mol. The average Bonchev–Trinajstić information content (AvgIpc) is 3.14. The van der Waals surface area contributed by atoms with Crippen molar-refractivity contribution in [3.05, 3.63) is 65.5 Å². The number of halogens is 1. The number of nitrogens with zero attached hydrogens (tertiary/aromatic N) is 2. The summed E-state index contributed by atoms with van der Waals surface area (Å²) in [5.74, 6) is 1.31. The monoisotopic (exact) mass is 350 g/mol. The highest BCUT2D eigenvalue weighted by Gasteiger charge is 2.43. The third kappa shape index (κ3) is 2.68. The molecule has 0 spiro atoms. The molecule has 5 rings (SSSR count). The molecule has 1 saturated carbocycles. The number of rotatable bonds is 2. The highest BCUT2D eigenvalue weighted by Crippen LogP contribution is 2.46. The van der Waals surface area contributed by atoms with Crippen molar-refractivity contribution >= 4 is 5.71 Å². The molecule has 2 aliphatic heterocycles. The molecule has 2 aromatic carbocycles. The summed E-state index contributed by atoms with van der Waals surface area (Å²) in [6.07, 6.45) is 7.14. The Labute approximate surface area is 153 Å². The van der Waals surface area contributed by atoms with Gasteiger partial charge in [-0.2, -0.15) is 5.10 Å². The zero-order chi connectivity index (χ0) is 17.5. The number of ether oxygens (including phenoxy) is 1. The molecule has 0 N–H and O–H groups in total. The van der Waals surface area contributed by atoms with Crippen LogP contribution in [-0.4, -0.2) is 16.9 Å². The van der Waals surface area contributed by atoms with Gasteiger partial charge >= 0.3 is 0 Å². The Balaban J connectivity index is 1.52. The first kappa shape index (κ1) is 15.9. The zero-order valence-electron chi connectivity index (χ0n) is 14.8. The average molecular weight is 350 g/mol. The molecule has 26 heavy (non-hydrogen) atoms. The zero-order valence-corrected chi connectivity index (χ0v) is 14.8. The molecule has 0 radical (unpaired) electrons. The van der Waals surface area contributed by atoms with Crippen LogP contribution in [0.1, 0.15) is 55.7 Å². The van der Waals surface area contributed by atoms with E-state index >= 15 is 0 Å². The smallest absolute Gasteiger partial charge is 0.190 e. The normalized spacial score (nSPS) is 25.3. The Morgan fingerprint density at radius 3 is 2.54 bits per heavy atom. The largest absolute Gasteiger partial charge is 0.468 e. The predicted octanol–water partition coefficient (Wildman–Crippen LogP) is 5.28. The van der Waals surface area contributed by atoms with Crippen LogP contribution in [0.2, 0.25) is 0 Å². The molecule has 2 heterocycles. The molecule has 134 valence electrons. The van der Waals surface area contributed by atoms with Crippen molar-refractivity contribution < 1.29 is 9.13 Å². The predicted molar refractivity (Wildman–Crippen MR) is 99.6 cm³/mol. The van der Waals surface area contributed by atoms with E-state index in [0.29, 0.717) is 5.92 Å². The lowest BCUT2D eigenvalue weighted by Gasteiger charge is -2.42. The second-order valence-electron chi connectivity index (χ2n) is 7.60. The molecule has 0 bridgehead atoms. The summed E-state index contributed by atoms with van der Waals surface area (Å²) in [6, 6.07) is 15.2. The number of hydrogen-bond donors (Lipinski definition) is 0. The van der Waals surface area contributed by atoms with Gasteiger partial charge in [-0.3, -0.25) is 0 Å². The summed E-state index contributed by atoms with van der Waals surface area (Å²) >= 11 is 0. The fraction of sp³-hybridized carbons (Fsp3) is 0.409. The lowest BCUT2D eigenvalue weighted by Crippen LogP contribution is -2.45. The van der Waals surface area contributed by atoms with Crippen LogP contribution in [0.25, 0.3) is 0 Å². The lowest BCUT2D eigenvalue weighted by molar-refractivity contribution is -0.0643. The van der Waals surface area contributed by atoms with Crippen LogP contribution in [0.4, 0.5) is 4.39 Å². The molecule has 0 aromatic heterocycles. The first-order valence-corrected chi connectivity index (χ1v) is 9.67. The third-order valence-electron chi connectivity index (χ3n) is 5.96. The second-order valence-corrected chi connectivity index (χ2v) is 7.60. The Morgan fingerprint density at radius 1 is 0.962 bits per heavy atom. The number of para-hydroxylation sites is 1. The Bertz CT molecular complexity index is 826. The molecule has 2 atom stereocenters. The molecule has 3 nitrogen and oxygen atoms in total. The van der Waals surface area contributed by atoms with Gasteiger partial charge in [0.15, 0.2) is 6.23 Å². The maximum atomic E-state index is 13.3. The standard InChI is InChI=1S/C22H23FN2O/c23-17-12-10-15(11-13-17)19-14-20-18-8-4-5-9-21(18)26-22(25(20)24-19)16-6-2-1-3-7-16/h4-5,8-13,16,20,22H,1-3,6-7,14H2/t20-,22+/m0/s1. The fourth-order valence-corrected chi connectivity index (χ4v) is 4.61. The van der Waals surface area contributed by atoms with Crippen molar-refractivity contribution in [2.45, 2.75) is 50.8 Å². The highest BCUT2D eigenvalue weighted by atomic mass is 19.1. The topological polar surface area (TPSA) is 24.8 Å². The van der Waals surface area contributed by atoms with Gasteiger partial charge in [0.1, 0.15) is 11.6 Å². The first-order valence-electron chi connectivity index (χ1n) is 9.67. The van der Waals surface area contributed by atoms with Crippen molar-refractivity contribution in [3.63, 3.8) is 0 Å². The van der Waals surface area contributed by atoms with Crippen LogP contribution in [0.5, 0.6) is 5.75 Å². The molecule has 1 aliphatic carbocycles. The Kier molecular flexibility index (Phi) is 3.92. The van der Waals surface area contributed by atoms with Crippen LogP contribution >= 0.6 is 0 Å². The van der Waals surface area contributed by atoms with Gasteiger partial charge < -0.3 is 4.74 Å². The number of fused-ring (bicyclic) bond motifs is 3. The van der Waals surface area contributed by atoms with E-state index in [9.17, 15) is 4.39 Å². The molecule has 0 amide bonds. The first-order chi connectivity index (χ1) is 12.8. The van der Waals surface area contributed by atoms with Gasteiger partial charge in [0.05, 0.1) is 11.8 Å². The van der Waals surface area contributed by atoms with Crippen molar-refractivity contribution in [2.24, 2.45) is 11.0 Å². The van der Waals surface area contributed by atoms with Gasteiger partial charge in [0, 0.05) is 17.9 Å². The molecular formula is C22H23FN2O. The summed E-state index contributed by atoms with van der Waals surface area (Å²) in [6.45, 7) is 0.